The summed E-state index contributed by atoms with van der Waals surface area (Å²) in [5, 5.41) is 5.93. The summed E-state index contributed by atoms with van der Waals surface area (Å²) in [6.45, 7) is 0.800. The van der Waals surface area contributed by atoms with Crippen molar-refractivity contribution in [3.05, 3.63) is 47.4 Å². The molecule has 4 heteroatoms. The van der Waals surface area contributed by atoms with Crippen LogP contribution in [0.2, 0.25) is 0 Å². The Kier molecular flexibility index (Phi) is 1.72. The Labute approximate surface area is 114 Å². The number of aromatic nitrogens is 1. The summed E-state index contributed by atoms with van der Waals surface area (Å²) < 4.78 is 0. The van der Waals surface area contributed by atoms with E-state index in [4.69, 9.17) is 0 Å². The summed E-state index contributed by atoms with van der Waals surface area (Å²) in [5.41, 5.74) is 1.28. The first kappa shape index (κ1) is 10.1. The third-order valence-electron chi connectivity index (χ3n) is 4.01. The highest BCUT2D eigenvalue weighted by atomic mass is 15.3. The molecule has 0 saturated heterocycles. The van der Waals surface area contributed by atoms with Crippen LogP contribution in [-0.4, -0.2) is 22.6 Å². The van der Waals surface area contributed by atoms with E-state index < -0.39 is 0 Å². The van der Waals surface area contributed by atoms with Gasteiger partial charge in [0.15, 0.2) is 5.82 Å². The van der Waals surface area contributed by atoms with E-state index in [0.29, 0.717) is 0 Å². The fourth-order valence-corrected chi connectivity index (χ4v) is 3.15. The summed E-state index contributed by atoms with van der Waals surface area (Å²) >= 11 is 0. The molecule has 0 bridgehead atoms. The van der Waals surface area contributed by atoms with Crippen molar-refractivity contribution in [2.45, 2.75) is 6.54 Å². The normalized spacial score (nSPS) is 16.2. The molecule has 4 nitrogen and oxygen atoms in total. The van der Waals surface area contributed by atoms with Gasteiger partial charge in [-0.2, -0.15) is 0 Å². The molecule has 2 aliphatic rings. The number of fused-ring (bicyclic) bond motifs is 1. The van der Waals surface area contributed by atoms with E-state index in [1.54, 1.807) is 6.34 Å². The molecule has 20 heavy (non-hydrogen) atoms. The van der Waals surface area contributed by atoms with Crippen LogP contribution >= 0.6 is 0 Å². The first-order valence-corrected chi connectivity index (χ1v) is 6.57. The minimum Gasteiger partial charge on any atom is -0.311 e. The molecule has 5 rings (SSSR count). The second-order valence-corrected chi connectivity index (χ2v) is 5.11. The first-order valence-electron chi connectivity index (χ1n) is 6.57. The summed E-state index contributed by atoms with van der Waals surface area (Å²) in [6.07, 6.45) is 5.34. The van der Waals surface area contributed by atoms with Gasteiger partial charge in [0.1, 0.15) is 11.7 Å². The van der Waals surface area contributed by atoms with Crippen molar-refractivity contribution in [3.8, 4) is 0 Å². The predicted octanol–water partition coefficient (Wildman–Crippen LogP) is 2.06. The molecule has 94 valence electrons. The number of nitrogens with zero attached hydrogens (tertiary/aromatic N) is 4. The van der Waals surface area contributed by atoms with E-state index in [2.05, 4.69) is 50.2 Å². The van der Waals surface area contributed by atoms with Crippen molar-refractivity contribution < 1.29 is 0 Å². The SMILES string of the molecule is C1=NC=NC2=c3ncc4cccc5ccc(c3c54)CN12. The van der Waals surface area contributed by atoms with E-state index >= 15 is 0 Å². The molecule has 0 unspecified atom stereocenters. The number of aliphatic imine (C=N–C) groups is 2. The average Bonchev–Trinajstić information content (AvgIpc) is 2.52. The van der Waals surface area contributed by atoms with Gasteiger partial charge < -0.3 is 4.90 Å². The lowest BCUT2D eigenvalue weighted by molar-refractivity contribution is 0.571. The average molecular weight is 258 g/mol. The van der Waals surface area contributed by atoms with Crippen LogP contribution in [0.25, 0.3) is 27.4 Å². The van der Waals surface area contributed by atoms with E-state index in [1.165, 1.54) is 27.1 Å². The van der Waals surface area contributed by atoms with Crippen LogP contribution in [0.3, 0.4) is 0 Å². The van der Waals surface area contributed by atoms with Gasteiger partial charge in [-0.1, -0.05) is 30.3 Å². The molecule has 2 aromatic carbocycles. The lowest BCUT2D eigenvalue weighted by Gasteiger charge is -2.26. The van der Waals surface area contributed by atoms with E-state index in [-0.39, 0.29) is 0 Å². The zero-order chi connectivity index (χ0) is 13.1. The monoisotopic (exact) mass is 258 g/mol. The summed E-state index contributed by atoms with van der Waals surface area (Å²) in [4.78, 5) is 15.2. The Morgan fingerprint density at radius 1 is 1.00 bits per heavy atom. The molecule has 0 spiro atoms. The number of pyridine rings is 1. The van der Waals surface area contributed by atoms with E-state index in [1.807, 2.05) is 12.5 Å². The van der Waals surface area contributed by atoms with Crippen molar-refractivity contribution in [1.29, 1.82) is 0 Å². The second-order valence-electron chi connectivity index (χ2n) is 5.11. The van der Waals surface area contributed by atoms with Crippen LogP contribution in [0.1, 0.15) is 5.56 Å². The van der Waals surface area contributed by atoms with Crippen molar-refractivity contribution in [2.24, 2.45) is 9.98 Å². The maximum atomic E-state index is 4.65. The Bertz CT molecular complexity index is 969. The highest BCUT2D eigenvalue weighted by Crippen LogP contribution is 2.30. The van der Waals surface area contributed by atoms with Crippen LogP contribution in [0.15, 0.2) is 46.5 Å². The van der Waals surface area contributed by atoms with Crippen LogP contribution in [-0.2, 0) is 6.54 Å². The lowest BCUT2D eigenvalue weighted by Crippen LogP contribution is -2.33. The fourth-order valence-electron chi connectivity index (χ4n) is 3.15. The topological polar surface area (TPSA) is 40.9 Å². The van der Waals surface area contributed by atoms with Gasteiger partial charge in [0.2, 0.25) is 0 Å². The number of hydrogen-bond donors (Lipinski definition) is 0. The van der Waals surface area contributed by atoms with Gasteiger partial charge in [-0.05, 0) is 10.9 Å². The molecule has 3 aromatic rings. The van der Waals surface area contributed by atoms with Gasteiger partial charge in [-0.3, -0.25) is 4.98 Å². The Morgan fingerprint density at radius 2 is 1.95 bits per heavy atom. The smallest absolute Gasteiger partial charge is 0.162 e. The summed E-state index contributed by atoms with van der Waals surface area (Å²) in [7, 11) is 0. The minimum atomic E-state index is 0.800. The Balaban J connectivity index is 2.11. The van der Waals surface area contributed by atoms with Gasteiger partial charge in [0, 0.05) is 22.4 Å². The molecule has 0 fully saturated rings. The van der Waals surface area contributed by atoms with E-state index in [0.717, 1.165) is 17.7 Å². The lowest BCUT2D eigenvalue weighted by atomic mass is 9.96. The highest BCUT2D eigenvalue weighted by molar-refractivity contribution is 6.11. The highest BCUT2D eigenvalue weighted by Gasteiger charge is 2.21. The first-order chi connectivity index (χ1) is 9.92. The molecule has 0 amide bonds. The molecule has 0 aliphatic carbocycles. The maximum Gasteiger partial charge on any atom is 0.162 e. The van der Waals surface area contributed by atoms with Crippen molar-refractivity contribution >= 4 is 40.0 Å². The zero-order valence-corrected chi connectivity index (χ0v) is 10.6. The zero-order valence-electron chi connectivity index (χ0n) is 10.6. The standard InChI is InChI=1S/C16H10N4/c1-2-10-4-5-12-7-20-9-17-8-19-16(20)15-14(12)13(10)11(3-1)6-18-15/h1-6,8-9H,7H2. The van der Waals surface area contributed by atoms with Crippen molar-refractivity contribution in [3.63, 3.8) is 0 Å². The maximum absolute atomic E-state index is 4.65. The largest absolute Gasteiger partial charge is 0.311 e. The molecule has 0 atom stereocenters. The minimum absolute atomic E-state index is 0.800. The van der Waals surface area contributed by atoms with Crippen molar-refractivity contribution in [1.82, 2.24) is 9.88 Å². The van der Waals surface area contributed by atoms with Gasteiger partial charge in [-0.15, -0.1) is 0 Å². The number of hydrogen-bond acceptors (Lipinski definition) is 4. The van der Waals surface area contributed by atoms with E-state index in [9.17, 15) is 0 Å². The number of benzene rings is 2. The van der Waals surface area contributed by atoms with Gasteiger partial charge in [-0.25, -0.2) is 9.98 Å². The Morgan fingerprint density at radius 3 is 2.95 bits per heavy atom. The van der Waals surface area contributed by atoms with Gasteiger partial charge >= 0.3 is 0 Å². The molecule has 1 aromatic heterocycles. The molecule has 2 aliphatic heterocycles. The fraction of sp³-hybridized carbons (Fsp3) is 0.0625. The van der Waals surface area contributed by atoms with Crippen LogP contribution in [0, 0.1) is 0 Å². The number of rotatable bonds is 0. The molecule has 3 heterocycles. The van der Waals surface area contributed by atoms with Crippen molar-refractivity contribution in [2.75, 3.05) is 0 Å². The summed E-state index contributed by atoms with van der Waals surface area (Å²) in [5.74, 6) is 0.894. The molecule has 0 N–H and O–H groups in total. The van der Waals surface area contributed by atoms with Crippen LogP contribution in [0.4, 0.5) is 0 Å². The van der Waals surface area contributed by atoms with Crippen LogP contribution < -0.4 is 5.35 Å². The molecule has 0 saturated carbocycles. The Hall–Kier alpha value is -2.75. The predicted molar refractivity (Wildman–Crippen MR) is 80.4 cm³/mol. The second kappa shape index (κ2) is 3.42. The molecular weight excluding hydrogens is 248 g/mol. The third kappa shape index (κ3) is 1.13. The molecular formula is C16H10N4. The quantitative estimate of drug-likeness (QED) is 0.619. The molecule has 0 radical (unpaired) electrons. The third-order valence-corrected chi connectivity index (χ3v) is 4.01. The van der Waals surface area contributed by atoms with Crippen LogP contribution in [0.5, 0.6) is 0 Å². The van der Waals surface area contributed by atoms with Gasteiger partial charge in [0.05, 0.1) is 12.9 Å². The van der Waals surface area contributed by atoms with Gasteiger partial charge in [0.25, 0.3) is 0 Å². The summed E-state index contributed by atoms with van der Waals surface area (Å²) in [6, 6.07) is 10.7.